The average Bonchev–Trinajstić information content (AvgIpc) is 3.25. The van der Waals surface area contributed by atoms with Crippen LogP contribution in [-0.2, 0) is 19.1 Å². The first-order valence-corrected chi connectivity index (χ1v) is 16.4. The highest BCUT2D eigenvalue weighted by molar-refractivity contribution is 5.88. The molecule has 0 aromatic rings. The lowest BCUT2D eigenvalue weighted by molar-refractivity contribution is -0.168. The molecule has 6 nitrogen and oxygen atoms in total. The molecule has 0 heterocycles. The van der Waals surface area contributed by atoms with Gasteiger partial charge in [0.25, 0.3) is 0 Å². The lowest BCUT2D eigenvalue weighted by atomic mass is 9.44. The van der Waals surface area contributed by atoms with Crippen LogP contribution in [0.4, 0.5) is 0 Å². The van der Waals surface area contributed by atoms with Gasteiger partial charge >= 0.3 is 5.97 Å². The largest absolute Gasteiger partial charge is 0.462 e. The molecule has 0 amide bonds. The fourth-order valence-electron chi connectivity index (χ4n) is 9.96. The quantitative estimate of drug-likeness (QED) is 0.311. The second kappa shape index (κ2) is 12.5. The van der Waals surface area contributed by atoms with Crippen LogP contribution >= 0.6 is 0 Å². The molecule has 0 spiro atoms. The van der Waals surface area contributed by atoms with Crippen LogP contribution in [0.5, 0.6) is 0 Å². The van der Waals surface area contributed by atoms with E-state index in [4.69, 9.17) is 10.5 Å². The average molecular weight is 559 g/mol. The highest BCUT2D eigenvalue weighted by Gasteiger charge is 2.61. The van der Waals surface area contributed by atoms with Gasteiger partial charge in [-0.05, 0) is 139 Å². The number of hydrogen-bond acceptors (Lipinski definition) is 6. The van der Waals surface area contributed by atoms with E-state index >= 15 is 0 Å². The number of hydrogen-bond donors (Lipinski definition) is 1. The molecule has 0 aromatic carbocycles. The van der Waals surface area contributed by atoms with Crippen LogP contribution in [-0.4, -0.2) is 55.2 Å². The van der Waals surface area contributed by atoms with Crippen molar-refractivity contribution in [2.45, 2.75) is 124 Å². The number of carbonyl (C=O) groups excluding carboxylic acids is 3. The standard InChI is InChI=1S/C34H58N2O4/c1-21(2)31(35)30(38)19-23(9-8-18-36(6)7)32(39)40-25-14-16-33(4)24(20-25)10-11-26-28-13-12-27(22(3)37)34(28,5)17-15-29(26)33/h21,23-29,31H,8-20,35H2,1-7H3/t23-,24+,25-,26+,27-,28+,29+,31+,33+,34-/m1/s1. The molecule has 0 bridgehead atoms. The van der Waals surface area contributed by atoms with Crippen molar-refractivity contribution in [3.63, 3.8) is 0 Å². The molecule has 4 rings (SSSR count). The highest BCUT2D eigenvalue weighted by atomic mass is 16.5. The Morgan fingerprint density at radius 3 is 2.27 bits per heavy atom. The van der Waals surface area contributed by atoms with E-state index in [0.29, 0.717) is 29.5 Å². The van der Waals surface area contributed by atoms with Crippen LogP contribution in [0.2, 0.25) is 0 Å². The highest BCUT2D eigenvalue weighted by Crippen LogP contribution is 2.67. The number of esters is 1. The summed E-state index contributed by atoms with van der Waals surface area (Å²) in [6.07, 6.45) is 11.8. The van der Waals surface area contributed by atoms with Gasteiger partial charge in [0, 0.05) is 12.3 Å². The summed E-state index contributed by atoms with van der Waals surface area (Å²) in [5.41, 5.74) is 6.64. The molecule has 4 saturated carbocycles. The summed E-state index contributed by atoms with van der Waals surface area (Å²) >= 11 is 0. The van der Waals surface area contributed by atoms with E-state index in [1.807, 2.05) is 34.9 Å². The summed E-state index contributed by atoms with van der Waals surface area (Å²) in [6, 6.07) is -0.530. The van der Waals surface area contributed by atoms with Crippen LogP contribution in [0.1, 0.15) is 112 Å². The summed E-state index contributed by atoms with van der Waals surface area (Å²) < 4.78 is 6.22. The molecule has 0 aromatic heterocycles. The molecular weight excluding hydrogens is 500 g/mol. The van der Waals surface area contributed by atoms with E-state index in [-0.39, 0.29) is 41.5 Å². The van der Waals surface area contributed by atoms with Gasteiger partial charge in [-0.25, -0.2) is 0 Å². The Hall–Kier alpha value is -1.27. The lowest BCUT2D eigenvalue weighted by Gasteiger charge is -2.61. The summed E-state index contributed by atoms with van der Waals surface area (Å²) in [4.78, 5) is 40.9. The molecule has 40 heavy (non-hydrogen) atoms. The van der Waals surface area contributed by atoms with Crippen molar-refractivity contribution in [2.24, 2.45) is 58.0 Å². The lowest BCUT2D eigenvalue weighted by Crippen LogP contribution is -2.54. The van der Waals surface area contributed by atoms with Crippen molar-refractivity contribution in [3.05, 3.63) is 0 Å². The SMILES string of the molecule is CC(=O)[C@H]1CC[C@H]2[C@@H]3CC[C@H]4C[C@H](OC(=O)[C@H](CCCN(C)C)CC(=O)[C@@H](N)C(C)C)CC[C@]4(C)[C@H]3CC[C@]12C. The number of nitrogens with zero attached hydrogens (tertiary/aromatic N) is 1. The molecule has 4 fully saturated rings. The zero-order chi connectivity index (χ0) is 29.4. The Balaban J connectivity index is 1.39. The zero-order valence-electron chi connectivity index (χ0n) is 26.5. The van der Waals surface area contributed by atoms with Crippen molar-refractivity contribution in [3.8, 4) is 0 Å². The fourth-order valence-corrected chi connectivity index (χ4v) is 9.96. The van der Waals surface area contributed by atoms with Crippen LogP contribution in [0.15, 0.2) is 0 Å². The first-order chi connectivity index (χ1) is 18.8. The first kappa shape index (κ1) is 31.7. The Kier molecular flexibility index (Phi) is 9.92. The zero-order valence-corrected chi connectivity index (χ0v) is 26.5. The molecule has 2 N–H and O–H groups in total. The number of Topliss-reactive ketones (excluding diaryl/α,β-unsaturated/α-hetero) is 2. The maximum Gasteiger partial charge on any atom is 0.309 e. The third-order valence-corrected chi connectivity index (χ3v) is 12.4. The summed E-state index contributed by atoms with van der Waals surface area (Å²) in [6.45, 7) is 11.6. The summed E-state index contributed by atoms with van der Waals surface area (Å²) in [5, 5.41) is 0. The van der Waals surface area contributed by atoms with Gasteiger partial charge in [0.2, 0.25) is 0 Å². The minimum atomic E-state index is -0.530. The maximum atomic E-state index is 13.5. The van der Waals surface area contributed by atoms with Gasteiger partial charge < -0.3 is 15.4 Å². The van der Waals surface area contributed by atoms with Crippen molar-refractivity contribution in [1.29, 1.82) is 0 Å². The van der Waals surface area contributed by atoms with E-state index in [1.165, 1.54) is 32.1 Å². The van der Waals surface area contributed by atoms with E-state index < -0.39 is 12.0 Å². The molecule has 10 atom stereocenters. The number of fused-ring (bicyclic) bond motifs is 5. The Morgan fingerprint density at radius 2 is 1.62 bits per heavy atom. The predicted octanol–water partition coefficient (Wildman–Crippen LogP) is 6.05. The molecule has 0 saturated heterocycles. The van der Waals surface area contributed by atoms with Gasteiger partial charge in [-0.1, -0.05) is 27.7 Å². The van der Waals surface area contributed by atoms with Crippen molar-refractivity contribution < 1.29 is 19.1 Å². The van der Waals surface area contributed by atoms with Gasteiger partial charge in [-0.15, -0.1) is 0 Å². The van der Waals surface area contributed by atoms with Crippen molar-refractivity contribution in [1.82, 2.24) is 4.90 Å². The summed E-state index contributed by atoms with van der Waals surface area (Å²) in [7, 11) is 4.06. The van der Waals surface area contributed by atoms with Gasteiger partial charge in [-0.3, -0.25) is 14.4 Å². The number of ketones is 2. The Bertz CT molecular complexity index is 933. The van der Waals surface area contributed by atoms with Gasteiger partial charge in [0.05, 0.1) is 12.0 Å². The van der Waals surface area contributed by atoms with Gasteiger partial charge in [-0.2, -0.15) is 0 Å². The number of carbonyl (C=O) groups is 3. The minimum Gasteiger partial charge on any atom is -0.462 e. The molecule has 4 aliphatic rings. The van der Waals surface area contributed by atoms with E-state index in [1.54, 1.807) is 0 Å². The minimum absolute atomic E-state index is 0.0282. The van der Waals surface area contributed by atoms with Crippen LogP contribution < -0.4 is 5.73 Å². The van der Waals surface area contributed by atoms with Crippen LogP contribution in [0.3, 0.4) is 0 Å². The fraction of sp³-hybridized carbons (Fsp3) is 0.912. The second-order valence-corrected chi connectivity index (χ2v) is 15.4. The van der Waals surface area contributed by atoms with Gasteiger partial charge in [0.1, 0.15) is 11.9 Å². The Labute approximate surface area is 243 Å². The van der Waals surface area contributed by atoms with E-state index in [0.717, 1.165) is 50.5 Å². The third-order valence-electron chi connectivity index (χ3n) is 12.4. The van der Waals surface area contributed by atoms with Gasteiger partial charge in [0.15, 0.2) is 5.78 Å². The van der Waals surface area contributed by atoms with E-state index in [2.05, 4.69) is 18.7 Å². The molecule has 4 aliphatic carbocycles. The monoisotopic (exact) mass is 558 g/mol. The molecule has 0 aliphatic heterocycles. The van der Waals surface area contributed by atoms with Crippen molar-refractivity contribution >= 4 is 17.5 Å². The molecule has 228 valence electrons. The third kappa shape index (κ3) is 6.23. The summed E-state index contributed by atoms with van der Waals surface area (Å²) in [5.74, 6) is 2.82. The number of rotatable bonds is 11. The normalized spacial score (nSPS) is 38.8. The number of nitrogens with two attached hydrogens (primary N) is 1. The predicted molar refractivity (Wildman–Crippen MR) is 159 cm³/mol. The Morgan fingerprint density at radius 1 is 0.950 bits per heavy atom. The molecule has 0 radical (unpaired) electrons. The second-order valence-electron chi connectivity index (χ2n) is 15.4. The molecule has 0 unspecified atom stereocenters. The maximum absolute atomic E-state index is 13.5. The molecular formula is C34H58N2O4. The van der Waals surface area contributed by atoms with E-state index in [9.17, 15) is 14.4 Å². The smallest absolute Gasteiger partial charge is 0.309 e. The topological polar surface area (TPSA) is 89.7 Å². The first-order valence-electron chi connectivity index (χ1n) is 16.4. The van der Waals surface area contributed by atoms with Crippen molar-refractivity contribution in [2.75, 3.05) is 20.6 Å². The number of ether oxygens (including phenoxy) is 1. The van der Waals surface area contributed by atoms with Crippen LogP contribution in [0.25, 0.3) is 0 Å². The molecule has 6 heteroatoms. The van der Waals surface area contributed by atoms with Crippen LogP contribution in [0, 0.1) is 52.3 Å².